The SMILES string of the molecule is C[C@@H](Cc1ccccc1Br)NC(=O)[C@H]1CCOC1. The van der Waals surface area contributed by atoms with Crippen LogP contribution < -0.4 is 5.32 Å². The van der Waals surface area contributed by atoms with Crippen molar-refractivity contribution in [2.45, 2.75) is 25.8 Å². The molecule has 0 aromatic heterocycles. The second-order valence-electron chi connectivity index (χ2n) is 4.77. The summed E-state index contributed by atoms with van der Waals surface area (Å²) in [6.45, 7) is 3.30. The molecule has 1 N–H and O–H groups in total. The van der Waals surface area contributed by atoms with Gasteiger partial charge in [-0.1, -0.05) is 34.1 Å². The third-order valence-electron chi connectivity index (χ3n) is 3.17. The van der Waals surface area contributed by atoms with Crippen LogP contribution >= 0.6 is 15.9 Å². The van der Waals surface area contributed by atoms with Crippen LogP contribution in [0, 0.1) is 5.92 Å². The molecule has 1 aliphatic heterocycles. The highest BCUT2D eigenvalue weighted by molar-refractivity contribution is 9.10. The molecule has 1 aliphatic rings. The Morgan fingerprint density at radius 2 is 2.33 bits per heavy atom. The predicted molar refractivity (Wildman–Crippen MR) is 74.4 cm³/mol. The van der Waals surface area contributed by atoms with Crippen molar-refractivity contribution in [1.29, 1.82) is 0 Å². The highest BCUT2D eigenvalue weighted by atomic mass is 79.9. The largest absolute Gasteiger partial charge is 0.381 e. The van der Waals surface area contributed by atoms with Crippen molar-refractivity contribution in [3.63, 3.8) is 0 Å². The summed E-state index contributed by atoms with van der Waals surface area (Å²) in [6, 6.07) is 8.24. The molecule has 1 aromatic carbocycles. The van der Waals surface area contributed by atoms with Gasteiger partial charge in [0.25, 0.3) is 0 Å². The fraction of sp³-hybridized carbons (Fsp3) is 0.500. The number of nitrogens with one attached hydrogen (secondary N) is 1. The maximum atomic E-state index is 11.9. The average molecular weight is 312 g/mol. The molecule has 0 radical (unpaired) electrons. The number of hydrogen-bond acceptors (Lipinski definition) is 2. The Kier molecular flexibility index (Phi) is 4.78. The summed E-state index contributed by atoms with van der Waals surface area (Å²) < 4.78 is 6.32. The van der Waals surface area contributed by atoms with E-state index < -0.39 is 0 Å². The van der Waals surface area contributed by atoms with Crippen molar-refractivity contribution < 1.29 is 9.53 Å². The normalized spacial score (nSPS) is 20.7. The van der Waals surface area contributed by atoms with Gasteiger partial charge in [0, 0.05) is 17.1 Å². The van der Waals surface area contributed by atoms with Gasteiger partial charge in [0.15, 0.2) is 0 Å². The van der Waals surface area contributed by atoms with E-state index >= 15 is 0 Å². The van der Waals surface area contributed by atoms with E-state index in [0.29, 0.717) is 13.2 Å². The summed E-state index contributed by atoms with van der Waals surface area (Å²) >= 11 is 3.52. The Morgan fingerprint density at radius 1 is 1.56 bits per heavy atom. The van der Waals surface area contributed by atoms with Gasteiger partial charge in [-0.2, -0.15) is 0 Å². The van der Waals surface area contributed by atoms with E-state index in [2.05, 4.69) is 27.3 Å². The summed E-state index contributed by atoms with van der Waals surface area (Å²) in [5.41, 5.74) is 1.22. The van der Waals surface area contributed by atoms with Crippen molar-refractivity contribution in [3.05, 3.63) is 34.3 Å². The van der Waals surface area contributed by atoms with Crippen LogP contribution in [0.25, 0.3) is 0 Å². The molecule has 4 heteroatoms. The Balaban J connectivity index is 1.86. The van der Waals surface area contributed by atoms with Gasteiger partial charge in [-0.25, -0.2) is 0 Å². The van der Waals surface area contributed by atoms with Crippen LogP contribution in [-0.2, 0) is 16.0 Å². The Bertz CT molecular complexity index is 416. The lowest BCUT2D eigenvalue weighted by Crippen LogP contribution is -2.38. The molecule has 18 heavy (non-hydrogen) atoms. The lowest BCUT2D eigenvalue weighted by atomic mass is 10.0. The van der Waals surface area contributed by atoms with Crippen molar-refractivity contribution in [2.24, 2.45) is 5.92 Å². The van der Waals surface area contributed by atoms with E-state index in [1.165, 1.54) is 5.56 Å². The number of carbonyl (C=O) groups excluding carboxylic acids is 1. The average Bonchev–Trinajstić information content (AvgIpc) is 2.85. The first-order valence-electron chi connectivity index (χ1n) is 6.28. The van der Waals surface area contributed by atoms with E-state index in [-0.39, 0.29) is 17.9 Å². The molecule has 3 nitrogen and oxygen atoms in total. The van der Waals surface area contributed by atoms with Crippen molar-refractivity contribution in [2.75, 3.05) is 13.2 Å². The van der Waals surface area contributed by atoms with Gasteiger partial charge in [-0.05, 0) is 31.4 Å². The highest BCUT2D eigenvalue weighted by Gasteiger charge is 2.24. The van der Waals surface area contributed by atoms with Gasteiger partial charge >= 0.3 is 0 Å². The third-order valence-corrected chi connectivity index (χ3v) is 3.95. The quantitative estimate of drug-likeness (QED) is 0.928. The fourth-order valence-electron chi connectivity index (χ4n) is 2.15. The zero-order valence-electron chi connectivity index (χ0n) is 10.5. The molecule has 2 rings (SSSR count). The summed E-state index contributed by atoms with van der Waals surface area (Å²) in [5, 5.41) is 3.06. The molecule has 1 heterocycles. The maximum absolute atomic E-state index is 11.9. The monoisotopic (exact) mass is 311 g/mol. The maximum Gasteiger partial charge on any atom is 0.225 e. The van der Waals surface area contributed by atoms with Gasteiger partial charge < -0.3 is 10.1 Å². The number of carbonyl (C=O) groups is 1. The minimum Gasteiger partial charge on any atom is -0.381 e. The summed E-state index contributed by atoms with van der Waals surface area (Å²) in [7, 11) is 0. The predicted octanol–water partition coefficient (Wildman–Crippen LogP) is 2.53. The molecule has 0 aliphatic carbocycles. The summed E-state index contributed by atoms with van der Waals surface area (Å²) in [4.78, 5) is 11.9. The third kappa shape index (κ3) is 3.56. The number of halogens is 1. The highest BCUT2D eigenvalue weighted by Crippen LogP contribution is 2.18. The van der Waals surface area contributed by atoms with E-state index in [0.717, 1.165) is 17.3 Å². The topological polar surface area (TPSA) is 38.3 Å². The first-order valence-corrected chi connectivity index (χ1v) is 7.07. The molecule has 1 aromatic rings. The van der Waals surface area contributed by atoms with Gasteiger partial charge in [0.05, 0.1) is 12.5 Å². The van der Waals surface area contributed by atoms with Crippen LogP contribution in [0.5, 0.6) is 0 Å². The Labute approximate surface area is 116 Å². The van der Waals surface area contributed by atoms with Gasteiger partial charge in [0.2, 0.25) is 5.91 Å². The summed E-state index contributed by atoms with van der Waals surface area (Å²) in [5.74, 6) is 0.152. The molecule has 1 fully saturated rings. The zero-order valence-corrected chi connectivity index (χ0v) is 12.1. The molecule has 0 spiro atoms. The van der Waals surface area contributed by atoms with Crippen LogP contribution in [0.4, 0.5) is 0 Å². The smallest absolute Gasteiger partial charge is 0.225 e. The summed E-state index contributed by atoms with van der Waals surface area (Å²) in [6.07, 6.45) is 1.67. The van der Waals surface area contributed by atoms with Crippen LogP contribution in [0.2, 0.25) is 0 Å². The minimum absolute atomic E-state index is 0.0339. The van der Waals surface area contributed by atoms with E-state index in [9.17, 15) is 4.79 Å². The molecular weight excluding hydrogens is 294 g/mol. The molecule has 98 valence electrons. The van der Waals surface area contributed by atoms with Gasteiger partial charge in [0.1, 0.15) is 0 Å². The van der Waals surface area contributed by atoms with Crippen LogP contribution in [0.3, 0.4) is 0 Å². The van der Waals surface area contributed by atoms with Gasteiger partial charge in [-0.15, -0.1) is 0 Å². The zero-order chi connectivity index (χ0) is 13.0. The molecular formula is C14H18BrNO2. The van der Waals surface area contributed by atoms with Crippen LogP contribution in [-0.4, -0.2) is 25.2 Å². The van der Waals surface area contributed by atoms with Crippen LogP contribution in [0.15, 0.2) is 28.7 Å². The molecule has 0 unspecified atom stereocenters. The fourth-order valence-corrected chi connectivity index (χ4v) is 2.59. The van der Waals surface area contributed by atoms with Gasteiger partial charge in [-0.3, -0.25) is 4.79 Å². The minimum atomic E-state index is 0.0339. The molecule has 0 saturated carbocycles. The van der Waals surface area contributed by atoms with Crippen molar-refractivity contribution >= 4 is 21.8 Å². The second kappa shape index (κ2) is 6.34. The molecule has 2 atom stereocenters. The molecule has 1 amide bonds. The second-order valence-corrected chi connectivity index (χ2v) is 5.62. The number of benzene rings is 1. The number of rotatable bonds is 4. The van der Waals surface area contributed by atoms with Crippen molar-refractivity contribution in [1.82, 2.24) is 5.32 Å². The van der Waals surface area contributed by atoms with E-state index in [4.69, 9.17) is 4.74 Å². The lowest BCUT2D eigenvalue weighted by molar-refractivity contribution is -0.125. The first kappa shape index (κ1) is 13.6. The Morgan fingerprint density at radius 3 is 3.00 bits per heavy atom. The van der Waals surface area contributed by atoms with E-state index in [1.807, 2.05) is 25.1 Å². The van der Waals surface area contributed by atoms with E-state index in [1.54, 1.807) is 0 Å². The number of amides is 1. The lowest BCUT2D eigenvalue weighted by Gasteiger charge is -2.17. The molecule has 0 bridgehead atoms. The first-order chi connectivity index (χ1) is 8.66. The number of ether oxygens (including phenoxy) is 1. The standard InChI is InChI=1S/C14H18BrNO2/c1-10(8-11-4-2-3-5-13(11)15)16-14(17)12-6-7-18-9-12/h2-5,10,12H,6-9H2,1H3,(H,16,17)/t10-,12-/m0/s1. The van der Waals surface area contributed by atoms with Crippen molar-refractivity contribution in [3.8, 4) is 0 Å². The number of hydrogen-bond donors (Lipinski definition) is 1. The molecule has 1 saturated heterocycles. The van der Waals surface area contributed by atoms with Crippen LogP contribution in [0.1, 0.15) is 18.9 Å². The Hall–Kier alpha value is -0.870.